The first-order valence-corrected chi connectivity index (χ1v) is 8.85. The highest BCUT2D eigenvalue weighted by Gasteiger charge is 2.08. The molecule has 0 spiro atoms. The predicted octanol–water partition coefficient (Wildman–Crippen LogP) is 3.16. The van der Waals surface area contributed by atoms with Crippen molar-refractivity contribution in [3.63, 3.8) is 0 Å². The third-order valence-corrected chi connectivity index (χ3v) is 4.59. The van der Waals surface area contributed by atoms with E-state index in [0.29, 0.717) is 11.5 Å². The molecule has 0 saturated heterocycles. The fourth-order valence-corrected chi connectivity index (χ4v) is 2.85. The lowest BCUT2D eigenvalue weighted by Gasteiger charge is -2.10. The standard InChI is InChI=1S/C18H19N3O5S/c1-12-8-16(25-2)17(26-3)9-13(12)10-19-20-18(22)11-27-15-6-4-14(5-7-15)21(23)24/h4-10H,11H2,1-3H3,(H,20,22). The molecule has 0 aliphatic rings. The Morgan fingerprint density at radius 2 is 1.85 bits per heavy atom. The van der Waals surface area contributed by atoms with Crippen LogP contribution in [-0.4, -0.2) is 37.0 Å². The van der Waals surface area contributed by atoms with Crippen molar-refractivity contribution in [1.82, 2.24) is 5.43 Å². The molecule has 0 aromatic heterocycles. The minimum absolute atomic E-state index is 0.0127. The number of hydrogen-bond acceptors (Lipinski definition) is 7. The lowest BCUT2D eigenvalue weighted by molar-refractivity contribution is -0.384. The highest BCUT2D eigenvalue weighted by Crippen LogP contribution is 2.29. The summed E-state index contributed by atoms with van der Waals surface area (Å²) in [5.41, 5.74) is 4.18. The van der Waals surface area contributed by atoms with Crippen LogP contribution < -0.4 is 14.9 Å². The van der Waals surface area contributed by atoms with Gasteiger partial charge in [-0.25, -0.2) is 5.43 Å². The lowest BCUT2D eigenvalue weighted by Crippen LogP contribution is -2.19. The maximum atomic E-state index is 11.9. The van der Waals surface area contributed by atoms with Crippen molar-refractivity contribution in [1.29, 1.82) is 0 Å². The highest BCUT2D eigenvalue weighted by atomic mass is 32.2. The number of carbonyl (C=O) groups is 1. The Balaban J connectivity index is 1.90. The van der Waals surface area contributed by atoms with E-state index in [0.717, 1.165) is 16.0 Å². The smallest absolute Gasteiger partial charge is 0.269 e. The van der Waals surface area contributed by atoms with Crippen molar-refractivity contribution in [2.24, 2.45) is 5.10 Å². The number of carbonyl (C=O) groups excluding carboxylic acids is 1. The Hall–Kier alpha value is -3.07. The summed E-state index contributed by atoms with van der Waals surface area (Å²) in [6.07, 6.45) is 1.53. The number of nitro groups is 1. The zero-order valence-electron chi connectivity index (χ0n) is 15.1. The number of methoxy groups -OCH3 is 2. The van der Waals surface area contributed by atoms with Gasteiger partial charge in [0.1, 0.15) is 0 Å². The molecule has 0 aliphatic heterocycles. The van der Waals surface area contributed by atoms with Crippen LogP contribution in [0.25, 0.3) is 0 Å². The van der Waals surface area contributed by atoms with Crippen molar-refractivity contribution in [2.75, 3.05) is 20.0 Å². The van der Waals surface area contributed by atoms with E-state index in [-0.39, 0.29) is 17.3 Å². The summed E-state index contributed by atoms with van der Waals surface area (Å²) in [7, 11) is 3.11. The van der Waals surface area contributed by atoms with Gasteiger partial charge >= 0.3 is 0 Å². The van der Waals surface area contributed by atoms with E-state index in [9.17, 15) is 14.9 Å². The van der Waals surface area contributed by atoms with Gasteiger partial charge in [-0.1, -0.05) is 0 Å². The second-order valence-corrected chi connectivity index (χ2v) is 6.45. The predicted molar refractivity (Wildman–Crippen MR) is 104 cm³/mol. The van der Waals surface area contributed by atoms with Crippen molar-refractivity contribution >= 4 is 29.6 Å². The second kappa shape index (κ2) is 9.58. The number of ether oxygens (including phenoxy) is 2. The number of nitrogens with one attached hydrogen (secondary N) is 1. The maximum absolute atomic E-state index is 11.9. The molecular weight excluding hydrogens is 370 g/mol. The van der Waals surface area contributed by atoms with Crippen LogP contribution in [0.3, 0.4) is 0 Å². The van der Waals surface area contributed by atoms with E-state index in [4.69, 9.17) is 9.47 Å². The summed E-state index contributed by atoms with van der Waals surface area (Å²) in [5.74, 6) is 1.05. The van der Waals surface area contributed by atoms with Gasteiger partial charge in [0.25, 0.3) is 5.69 Å². The van der Waals surface area contributed by atoms with Gasteiger partial charge in [-0.05, 0) is 36.8 Å². The molecule has 1 amide bonds. The summed E-state index contributed by atoms with van der Waals surface area (Å²) < 4.78 is 10.5. The van der Waals surface area contributed by atoms with Crippen molar-refractivity contribution < 1.29 is 19.2 Å². The van der Waals surface area contributed by atoms with Crippen LogP contribution in [0, 0.1) is 17.0 Å². The molecule has 0 bridgehead atoms. The van der Waals surface area contributed by atoms with Crippen LogP contribution in [0.15, 0.2) is 46.4 Å². The molecule has 9 heteroatoms. The minimum Gasteiger partial charge on any atom is -0.493 e. The molecule has 142 valence electrons. The number of non-ortho nitro benzene ring substituents is 1. The Labute approximate surface area is 160 Å². The van der Waals surface area contributed by atoms with Gasteiger partial charge in [0, 0.05) is 22.6 Å². The van der Waals surface area contributed by atoms with E-state index in [1.54, 1.807) is 32.4 Å². The third kappa shape index (κ3) is 5.71. The van der Waals surface area contributed by atoms with Crippen molar-refractivity contribution in [3.05, 3.63) is 57.6 Å². The van der Waals surface area contributed by atoms with Crippen molar-refractivity contribution in [3.8, 4) is 11.5 Å². The zero-order valence-corrected chi connectivity index (χ0v) is 15.9. The Bertz CT molecular complexity index is 853. The lowest BCUT2D eigenvalue weighted by atomic mass is 10.1. The van der Waals surface area contributed by atoms with E-state index >= 15 is 0 Å². The number of benzene rings is 2. The van der Waals surface area contributed by atoms with Crippen LogP contribution in [0.4, 0.5) is 5.69 Å². The fraction of sp³-hybridized carbons (Fsp3) is 0.222. The Kier molecular flexibility index (Phi) is 7.18. The monoisotopic (exact) mass is 389 g/mol. The zero-order chi connectivity index (χ0) is 19.8. The maximum Gasteiger partial charge on any atom is 0.269 e. The number of hydrazone groups is 1. The van der Waals surface area contributed by atoms with Crippen molar-refractivity contribution in [2.45, 2.75) is 11.8 Å². The fourth-order valence-electron chi connectivity index (χ4n) is 2.15. The van der Waals surface area contributed by atoms with Gasteiger partial charge < -0.3 is 9.47 Å². The summed E-state index contributed by atoms with van der Waals surface area (Å²) in [6, 6.07) is 9.61. The molecule has 2 rings (SSSR count). The number of nitrogens with zero attached hydrogens (tertiary/aromatic N) is 2. The van der Waals surface area contributed by atoms with Gasteiger partial charge in [-0.15, -0.1) is 11.8 Å². The molecule has 0 heterocycles. The summed E-state index contributed by atoms with van der Waals surface area (Å²) in [4.78, 5) is 22.8. The van der Waals surface area contributed by atoms with E-state index in [2.05, 4.69) is 10.5 Å². The average Bonchev–Trinajstić information content (AvgIpc) is 2.67. The van der Waals surface area contributed by atoms with Crippen LogP contribution >= 0.6 is 11.8 Å². The van der Waals surface area contributed by atoms with Gasteiger partial charge in [0.05, 0.1) is 31.1 Å². The number of aryl methyl sites for hydroxylation is 1. The van der Waals surface area contributed by atoms with Crippen LogP contribution in [0.5, 0.6) is 11.5 Å². The first-order valence-electron chi connectivity index (χ1n) is 7.86. The molecule has 2 aromatic rings. The van der Waals surface area contributed by atoms with E-state index in [1.165, 1.54) is 30.1 Å². The molecule has 0 aliphatic carbocycles. The van der Waals surface area contributed by atoms with E-state index in [1.807, 2.05) is 13.0 Å². The SMILES string of the molecule is COc1cc(C)c(C=NNC(=O)CSc2ccc([N+](=O)[O-])cc2)cc1OC. The van der Waals surface area contributed by atoms with Gasteiger partial charge in [-0.2, -0.15) is 5.10 Å². The normalized spacial score (nSPS) is 10.6. The average molecular weight is 389 g/mol. The van der Waals surface area contributed by atoms with E-state index < -0.39 is 4.92 Å². The minimum atomic E-state index is -0.466. The quantitative estimate of drug-likeness (QED) is 0.322. The first-order chi connectivity index (χ1) is 12.9. The molecule has 8 nitrogen and oxygen atoms in total. The molecule has 2 aromatic carbocycles. The summed E-state index contributed by atoms with van der Waals surface area (Å²) >= 11 is 1.26. The Morgan fingerprint density at radius 1 is 1.22 bits per heavy atom. The van der Waals surface area contributed by atoms with Gasteiger partial charge in [0.15, 0.2) is 11.5 Å². The number of hydrogen-bond donors (Lipinski definition) is 1. The molecule has 27 heavy (non-hydrogen) atoms. The Morgan fingerprint density at radius 3 is 2.44 bits per heavy atom. The molecule has 0 radical (unpaired) electrons. The number of thioether (sulfide) groups is 1. The van der Waals surface area contributed by atoms with Gasteiger partial charge in [0.2, 0.25) is 5.91 Å². The first kappa shape index (κ1) is 20.2. The highest BCUT2D eigenvalue weighted by molar-refractivity contribution is 8.00. The largest absolute Gasteiger partial charge is 0.493 e. The second-order valence-electron chi connectivity index (χ2n) is 5.40. The molecule has 1 N–H and O–H groups in total. The third-order valence-electron chi connectivity index (χ3n) is 3.58. The summed E-state index contributed by atoms with van der Waals surface area (Å²) in [6.45, 7) is 1.90. The van der Waals surface area contributed by atoms with Gasteiger partial charge in [-0.3, -0.25) is 14.9 Å². The number of rotatable bonds is 8. The number of nitro benzene ring substituents is 1. The summed E-state index contributed by atoms with van der Waals surface area (Å²) in [5, 5.41) is 14.6. The molecule has 0 saturated carbocycles. The molecule has 0 fully saturated rings. The van der Waals surface area contributed by atoms with Crippen LogP contribution in [0.2, 0.25) is 0 Å². The molecule has 0 unspecified atom stereocenters. The van der Waals surface area contributed by atoms with Crippen LogP contribution in [-0.2, 0) is 4.79 Å². The molecular formula is C18H19N3O5S. The number of amides is 1. The van der Waals surface area contributed by atoms with Crippen LogP contribution in [0.1, 0.15) is 11.1 Å². The molecule has 0 atom stereocenters. The topological polar surface area (TPSA) is 103 Å².